The van der Waals surface area contributed by atoms with Crippen molar-refractivity contribution in [2.24, 2.45) is 7.05 Å². The average Bonchev–Trinajstić information content (AvgIpc) is 3.52. The molecule has 4 aromatic rings. The summed E-state index contributed by atoms with van der Waals surface area (Å²) in [7, 11) is 3.89. The molecule has 40 heavy (non-hydrogen) atoms. The lowest BCUT2D eigenvalue weighted by molar-refractivity contribution is 0.146. The minimum absolute atomic E-state index is 0.0813. The summed E-state index contributed by atoms with van der Waals surface area (Å²) in [6, 6.07) is 4.07. The van der Waals surface area contributed by atoms with Crippen LogP contribution in [-0.4, -0.2) is 77.0 Å². The minimum atomic E-state index is -0.172. The molecular weight excluding hydrogens is 644 g/mol. The van der Waals surface area contributed by atoms with Crippen molar-refractivity contribution in [1.82, 2.24) is 39.0 Å². The van der Waals surface area contributed by atoms with Crippen LogP contribution in [0.4, 0.5) is 0 Å². The number of aliphatic hydroxyl groups excluding tert-OH is 1. The molecule has 0 saturated carbocycles. The van der Waals surface area contributed by atoms with Crippen molar-refractivity contribution in [2.75, 3.05) is 26.8 Å². The highest BCUT2D eigenvalue weighted by Crippen LogP contribution is 2.38. The quantitative estimate of drug-likeness (QED) is 0.249. The highest BCUT2D eigenvalue weighted by Gasteiger charge is 2.25. The number of ether oxygens (including phenoxy) is 2. The first-order valence-corrected chi connectivity index (χ1v) is 16.9. The maximum absolute atomic E-state index is 9.75. The number of aliphatic hydroxyl groups is 1. The molecule has 210 valence electrons. The Morgan fingerprint density at radius 2 is 2.02 bits per heavy atom. The van der Waals surface area contributed by atoms with Gasteiger partial charge in [0, 0.05) is 25.5 Å². The summed E-state index contributed by atoms with van der Waals surface area (Å²) in [5, 5.41) is 34.0. The SMILES string of the molecule is Cc1nn(C)c2c1-c1cc3c(nn(PI)c3c(C)n1)/C=C/c1c(OCC#N)nn(CCO)c1CN(C)CC(C)O2. The molecule has 2 bridgehead atoms. The highest BCUT2D eigenvalue weighted by molar-refractivity contribution is 14.2. The van der Waals surface area contributed by atoms with Gasteiger partial charge in [0.25, 0.3) is 0 Å². The summed E-state index contributed by atoms with van der Waals surface area (Å²) < 4.78 is 17.7. The Hall–Kier alpha value is -3.05. The molecule has 1 N–H and O–H groups in total. The van der Waals surface area contributed by atoms with Crippen molar-refractivity contribution in [2.45, 2.75) is 40.0 Å². The molecule has 5 rings (SSSR count). The molecule has 0 saturated heterocycles. The number of nitrogens with zero attached hydrogens (tertiary/aromatic N) is 9. The van der Waals surface area contributed by atoms with Crippen LogP contribution in [-0.2, 0) is 20.1 Å². The van der Waals surface area contributed by atoms with Crippen LogP contribution >= 0.6 is 28.4 Å². The summed E-state index contributed by atoms with van der Waals surface area (Å²) in [5.41, 5.74) is 6.69. The zero-order chi connectivity index (χ0) is 28.6. The van der Waals surface area contributed by atoms with Gasteiger partial charge in [0.2, 0.25) is 11.8 Å². The monoisotopic (exact) mass is 675 g/mol. The van der Waals surface area contributed by atoms with Crippen molar-refractivity contribution in [1.29, 1.82) is 5.26 Å². The molecule has 1 aliphatic heterocycles. The van der Waals surface area contributed by atoms with Crippen molar-refractivity contribution in [3.05, 3.63) is 34.4 Å². The molecule has 0 aromatic carbocycles. The lowest BCUT2D eigenvalue weighted by Crippen LogP contribution is -2.32. The van der Waals surface area contributed by atoms with Crippen LogP contribution in [0.5, 0.6) is 11.8 Å². The predicted octanol–water partition coefficient (Wildman–Crippen LogP) is 3.71. The van der Waals surface area contributed by atoms with Gasteiger partial charge in [-0.25, -0.2) is 9.13 Å². The first kappa shape index (κ1) is 28.5. The normalized spacial score (nSPS) is 16.9. The number of fused-ring (bicyclic) bond motifs is 4. The van der Waals surface area contributed by atoms with Gasteiger partial charge in [0.05, 0.1) is 64.6 Å². The van der Waals surface area contributed by atoms with Crippen molar-refractivity contribution in [3.63, 3.8) is 0 Å². The fourth-order valence-electron chi connectivity index (χ4n) is 5.18. The molecule has 5 heterocycles. The molecule has 0 spiro atoms. The minimum Gasteiger partial charge on any atom is -0.473 e. The number of likely N-dealkylation sites (N-methyl/N-ethyl adjacent to an activating group) is 1. The topological polar surface area (TPSA) is 132 Å². The second-order valence-corrected chi connectivity index (χ2v) is 11.8. The van der Waals surface area contributed by atoms with Gasteiger partial charge < -0.3 is 14.6 Å². The Balaban J connectivity index is 1.77. The number of hydrogen-bond donors (Lipinski definition) is 1. The molecule has 4 aromatic heterocycles. The van der Waals surface area contributed by atoms with E-state index in [0.29, 0.717) is 37.8 Å². The zero-order valence-corrected chi connectivity index (χ0v) is 26.2. The summed E-state index contributed by atoms with van der Waals surface area (Å²) in [4.78, 5) is 7.12. The molecule has 12 nitrogen and oxygen atoms in total. The van der Waals surface area contributed by atoms with Crippen LogP contribution in [0.25, 0.3) is 34.3 Å². The number of pyridine rings is 1. The average molecular weight is 675 g/mol. The second-order valence-electron chi connectivity index (χ2n) is 9.78. The van der Waals surface area contributed by atoms with E-state index in [1.807, 2.05) is 57.5 Å². The van der Waals surface area contributed by atoms with Gasteiger partial charge in [0.1, 0.15) is 12.2 Å². The third-order valence-electron chi connectivity index (χ3n) is 6.73. The van der Waals surface area contributed by atoms with E-state index in [0.717, 1.165) is 50.5 Å². The van der Waals surface area contributed by atoms with Gasteiger partial charge in [-0.3, -0.25) is 14.6 Å². The Kier molecular flexibility index (Phi) is 8.42. The van der Waals surface area contributed by atoms with Crippen molar-refractivity contribution >= 4 is 51.5 Å². The summed E-state index contributed by atoms with van der Waals surface area (Å²) in [5.74, 6) is 1.01. The van der Waals surface area contributed by atoms with E-state index in [9.17, 15) is 5.11 Å². The molecule has 2 atom stereocenters. The van der Waals surface area contributed by atoms with E-state index < -0.39 is 0 Å². The van der Waals surface area contributed by atoms with E-state index in [1.165, 1.54) is 0 Å². The van der Waals surface area contributed by atoms with Crippen molar-refractivity contribution < 1.29 is 14.6 Å². The van der Waals surface area contributed by atoms with Crippen LogP contribution in [0.15, 0.2) is 6.07 Å². The number of nitriles is 1. The third kappa shape index (κ3) is 5.33. The van der Waals surface area contributed by atoms with E-state index >= 15 is 0 Å². The smallest absolute Gasteiger partial charge is 0.241 e. The number of rotatable bonds is 5. The molecule has 1 aliphatic rings. The molecule has 0 aliphatic carbocycles. The fraction of sp³-hybridized carbons (Fsp3) is 0.423. The first-order chi connectivity index (χ1) is 19.2. The van der Waals surface area contributed by atoms with E-state index in [1.54, 1.807) is 9.36 Å². The van der Waals surface area contributed by atoms with Crippen LogP contribution < -0.4 is 9.47 Å². The van der Waals surface area contributed by atoms with Gasteiger partial charge in [-0.15, -0.1) is 5.10 Å². The molecule has 2 unspecified atom stereocenters. The van der Waals surface area contributed by atoms with Crippen LogP contribution in [0.2, 0.25) is 0 Å². The van der Waals surface area contributed by atoms with Crippen molar-refractivity contribution in [3.8, 4) is 29.1 Å². The molecule has 0 radical (unpaired) electrons. The molecular formula is C26H31IN9O3P. The summed E-state index contributed by atoms with van der Waals surface area (Å²) in [6.07, 6.45) is 4.11. The van der Waals surface area contributed by atoms with E-state index in [-0.39, 0.29) is 19.3 Å². The maximum Gasteiger partial charge on any atom is 0.241 e. The van der Waals surface area contributed by atoms with E-state index in [4.69, 9.17) is 24.8 Å². The number of halogens is 1. The Labute approximate surface area is 246 Å². The maximum atomic E-state index is 9.75. The Morgan fingerprint density at radius 3 is 2.75 bits per heavy atom. The Morgan fingerprint density at radius 1 is 1.23 bits per heavy atom. The van der Waals surface area contributed by atoms with Crippen LogP contribution in [0, 0.1) is 25.2 Å². The van der Waals surface area contributed by atoms with Gasteiger partial charge in [-0.05, 0) is 68.1 Å². The summed E-state index contributed by atoms with van der Waals surface area (Å²) >= 11 is 2.32. The largest absolute Gasteiger partial charge is 0.473 e. The number of hydrogen-bond acceptors (Lipinski definition) is 9. The predicted molar refractivity (Wildman–Crippen MR) is 163 cm³/mol. The lowest BCUT2D eigenvalue weighted by atomic mass is 10.1. The van der Waals surface area contributed by atoms with Gasteiger partial charge in [-0.2, -0.15) is 15.5 Å². The number of aromatic nitrogens is 7. The fourth-order valence-corrected chi connectivity index (χ4v) is 6.74. The standard InChI is InChI=1S/C26H31IN9O3P/c1-15-13-33(4)14-22-18(25(38-11-8-28)32-35(22)9-10-37)6-7-20-19-12-21(23-16(2)30-34(5)26(23)39-15)29-17(3)24(19)36(31-20)40-27/h6-7,12,15,37,40H,9-11,13-14H2,1-5H3/b7-6+. The van der Waals surface area contributed by atoms with Crippen LogP contribution in [0.3, 0.4) is 0 Å². The van der Waals surface area contributed by atoms with Gasteiger partial charge >= 0.3 is 0 Å². The van der Waals surface area contributed by atoms with Crippen LogP contribution in [0.1, 0.15) is 35.3 Å². The highest BCUT2D eigenvalue weighted by atomic mass is 127. The molecule has 0 amide bonds. The zero-order valence-electron chi connectivity index (χ0n) is 23.0. The van der Waals surface area contributed by atoms with E-state index in [2.05, 4.69) is 43.2 Å². The third-order valence-corrected chi connectivity index (χ3v) is 8.58. The number of aryl methyl sites for hydroxylation is 3. The second kappa shape index (κ2) is 11.8. The first-order valence-electron chi connectivity index (χ1n) is 12.8. The molecule has 14 heteroatoms. The summed E-state index contributed by atoms with van der Waals surface area (Å²) in [6.45, 7) is 7.20. The lowest BCUT2D eigenvalue weighted by Gasteiger charge is -2.23. The van der Waals surface area contributed by atoms with Gasteiger partial charge in [-0.1, -0.05) is 0 Å². The van der Waals surface area contributed by atoms with Gasteiger partial charge in [0.15, 0.2) is 6.61 Å². The Bertz CT molecular complexity index is 1630. The molecule has 0 fully saturated rings.